The van der Waals surface area contributed by atoms with Crippen LogP contribution in [0.15, 0.2) is 18.2 Å². The minimum atomic E-state index is -0.777. The third kappa shape index (κ3) is 1.82. The fraction of sp³-hybridized carbons (Fsp3) is 0.455. The molecule has 0 amide bonds. The summed E-state index contributed by atoms with van der Waals surface area (Å²) in [6, 6.07) is 4.59. The van der Waals surface area contributed by atoms with Crippen LogP contribution in [0.5, 0.6) is 5.75 Å². The quantitative estimate of drug-likeness (QED) is 0.751. The zero-order valence-electron chi connectivity index (χ0n) is 8.75. The van der Waals surface area contributed by atoms with Gasteiger partial charge in [-0.2, -0.15) is 0 Å². The van der Waals surface area contributed by atoms with E-state index < -0.39 is 5.79 Å². The molecule has 1 saturated heterocycles. The molecule has 3 nitrogen and oxygen atoms in total. The van der Waals surface area contributed by atoms with E-state index in [-0.39, 0.29) is 11.6 Å². The molecule has 0 N–H and O–H groups in total. The summed E-state index contributed by atoms with van der Waals surface area (Å²) in [6.07, 6.45) is 0. The van der Waals surface area contributed by atoms with Gasteiger partial charge >= 0.3 is 0 Å². The van der Waals surface area contributed by atoms with Gasteiger partial charge in [0.1, 0.15) is 0 Å². The summed E-state index contributed by atoms with van der Waals surface area (Å²) in [5.74, 6) is -0.961. The fourth-order valence-corrected chi connectivity index (χ4v) is 1.62. The summed E-state index contributed by atoms with van der Waals surface area (Å²) in [5.41, 5.74) is 0.762. The molecule has 82 valence electrons. The SMILES string of the molecule is COc1cc(C2(C)OCCO2)ccc1F. The van der Waals surface area contributed by atoms with Gasteiger partial charge in [0.05, 0.1) is 20.3 Å². The van der Waals surface area contributed by atoms with Crippen molar-refractivity contribution >= 4 is 0 Å². The summed E-state index contributed by atoms with van der Waals surface area (Å²) in [4.78, 5) is 0. The van der Waals surface area contributed by atoms with E-state index in [9.17, 15) is 4.39 Å². The Labute approximate surface area is 87.8 Å². The highest BCUT2D eigenvalue weighted by Crippen LogP contribution is 2.33. The Hall–Kier alpha value is -1.13. The number of hydrogen-bond donors (Lipinski definition) is 0. The van der Waals surface area contributed by atoms with Crippen LogP contribution in [0.1, 0.15) is 12.5 Å². The van der Waals surface area contributed by atoms with Crippen molar-refractivity contribution in [2.45, 2.75) is 12.7 Å². The molecule has 0 atom stereocenters. The minimum Gasteiger partial charge on any atom is -0.494 e. The predicted molar refractivity (Wildman–Crippen MR) is 52.2 cm³/mol. The largest absolute Gasteiger partial charge is 0.494 e. The van der Waals surface area contributed by atoms with Crippen LogP contribution in [0, 0.1) is 5.82 Å². The lowest BCUT2D eigenvalue weighted by molar-refractivity contribution is -0.149. The zero-order valence-corrected chi connectivity index (χ0v) is 8.75. The Morgan fingerprint density at radius 1 is 1.33 bits per heavy atom. The molecule has 4 heteroatoms. The van der Waals surface area contributed by atoms with Crippen LogP contribution in [0.4, 0.5) is 4.39 Å². The van der Waals surface area contributed by atoms with Crippen molar-refractivity contribution in [3.8, 4) is 5.75 Å². The van der Waals surface area contributed by atoms with Crippen LogP contribution >= 0.6 is 0 Å². The summed E-state index contributed by atoms with van der Waals surface area (Å²) >= 11 is 0. The number of rotatable bonds is 2. The lowest BCUT2D eigenvalue weighted by Gasteiger charge is -2.23. The van der Waals surface area contributed by atoms with Crippen molar-refractivity contribution in [2.75, 3.05) is 20.3 Å². The second kappa shape index (κ2) is 3.79. The Balaban J connectivity index is 2.36. The van der Waals surface area contributed by atoms with Gasteiger partial charge in [0.15, 0.2) is 17.4 Å². The van der Waals surface area contributed by atoms with E-state index in [1.165, 1.54) is 13.2 Å². The lowest BCUT2D eigenvalue weighted by atomic mass is 10.1. The van der Waals surface area contributed by atoms with Gasteiger partial charge in [-0.25, -0.2) is 4.39 Å². The van der Waals surface area contributed by atoms with Gasteiger partial charge < -0.3 is 14.2 Å². The van der Waals surface area contributed by atoms with Gasteiger partial charge in [0.2, 0.25) is 0 Å². The number of methoxy groups -OCH3 is 1. The highest BCUT2D eigenvalue weighted by Gasteiger charge is 2.33. The van der Waals surface area contributed by atoms with Crippen molar-refractivity contribution in [1.29, 1.82) is 0 Å². The van der Waals surface area contributed by atoms with E-state index in [1.54, 1.807) is 12.1 Å². The monoisotopic (exact) mass is 212 g/mol. The first-order chi connectivity index (χ1) is 7.15. The normalized spacial score (nSPS) is 19.1. The van der Waals surface area contributed by atoms with Crippen LogP contribution in [-0.4, -0.2) is 20.3 Å². The average molecular weight is 212 g/mol. The Morgan fingerprint density at radius 2 is 2.00 bits per heavy atom. The van der Waals surface area contributed by atoms with Crippen molar-refractivity contribution in [2.24, 2.45) is 0 Å². The van der Waals surface area contributed by atoms with E-state index in [4.69, 9.17) is 14.2 Å². The number of halogens is 1. The molecule has 1 heterocycles. The molecule has 1 aliphatic rings. The first kappa shape index (κ1) is 10.4. The summed E-state index contributed by atoms with van der Waals surface area (Å²) in [6.45, 7) is 2.92. The molecule has 0 unspecified atom stereocenters. The maximum absolute atomic E-state index is 13.2. The Morgan fingerprint density at radius 3 is 2.60 bits per heavy atom. The topological polar surface area (TPSA) is 27.7 Å². The molecule has 15 heavy (non-hydrogen) atoms. The average Bonchev–Trinajstić information content (AvgIpc) is 2.67. The Kier molecular flexibility index (Phi) is 2.63. The molecule has 1 aliphatic heterocycles. The lowest BCUT2D eigenvalue weighted by Crippen LogP contribution is -2.22. The zero-order chi connectivity index (χ0) is 10.9. The van der Waals surface area contributed by atoms with E-state index in [2.05, 4.69) is 0 Å². The first-order valence-corrected chi connectivity index (χ1v) is 4.77. The molecule has 0 aliphatic carbocycles. The highest BCUT2D eigenvalue weighted by molar-refractivity contribution is 5.32. The molecular formula is C11H13FO3. The molecule has 0 radical (unpaired) electrons. The van der Waals surface area contributed by atoms with Crippen LogP contribution in [0.3, 0.4) is 0 Å². The standard InChI is InChI=1S/C11H13FO3/c1-11(14-5-6-15-11)8-3-4-9(12)10(7-8)13-2/h3-4,7H,5-6H2,1-2H3. The predicted octanol–water partition coefficient (Wildman–Crippen LogP) is 2.05. The first-order valence-electron chi connectivity index (χ1n) is 4.77. The second-order valence-corrected chi connectivity index (χ2v) is 3.49. The van der Waals surface area contributed by atoms with Gasteiger partial charge in [-0.3, -0.25) is 0 Å². The van der Waals surface area contributed by atoms with E-state index in [1.807, 2.05) is 6.92 Å². The number of hydrogen-bond acceptors (Lipinski definition) is 3. The highest BCUT2D eigenvalue weighted by atomic mass is 19.1. The van der Waals surface area contributed by atoms with Crippen molar-refractivity contribution in [3.05, 3.63) is 29.6 Å². The number of ether oxygens (including phenoxy) is 3. The maximum atomic E-state index is 13.2. The Bertz CT molecular complexity index is 359. The molecule has 1 aromatic carbocycles. The third-order valence-electron chi connectivity index (χ3n) is 2.51. The molecule has 0 spiro atoms. The van der Waals surface area contributed by atoms with E-state index in [0.29, 0.717) is 13.2 Å². The van der Waals surface area contributed by atoms with Gasteiger partial charge in [-0.15, -0.1) is 0 Å². The molecule has 2 rings (SSSR count). The van der Waals surface area contributed by atoms with Gasteiger partial charge in [0, 0.05) is 5.56 Å². The van der Waals surface area contributed by atoms with E-state index >= 15 is 0 Å². The molecule has 1 aromatic rings. The van der Waals surface area contributed by atoms with Gasteiger partial charge in [-0.05, 0) is 19.1 Å². The summed E-state index contributed by atoms with van der Waals surface area (Å²) < 4.78 is 29.0. The third-order valence-corrected chi connectivity index (χ3v) is 2.51. The maximum Gasteiger partial charge on any atom is 0.192 e. The smallest absolute Gasteiger partial charge is 0.192 e. The van der Waals surface area contributed by atoms with Crippen molar-refractivity contribution < 1.29 is 18.6 Å². The summed E-state index contributed by atoms with van der Waals surface area (Å²) in [7, 11) is 1.43. The van der Waals surface area contributed by atoms with E-state index in [0.717, 1.165) is 5.56 Å². The molecule has 0 bridgehead atoms. The van der Waals surface area contributed by atoms with Crippen LogP contribution in [-0.2, 0) is 15.3 Å². The van der Waals surface area contributed by atoms with Crippen LogP contribution in [0.2, 0.25) is 0 Å². The van der Waals surface area contributed by atoms with Crippen LogP contribution in [0.25, 0.3) is 0 Å². The molecule has 0 aromatic heterocycles. The number of benzene rings is 1. The molecular weight excluding hydrogens is 199 g/mol. The minimum absolute atomic E-state index is 0.202. The summed E-state index contributed by atoms with van der Waals surface area (Å²) in [5, 5.41) is 0. The molecule has 0 saturated carbocycles. The van der Waals surface area contributed by atoms with Gasteiger partial charge in [0.25, 0.3) is 0 Å². The second-order valence-electron chi connectivity index (χ2n) is 3.49. The van der Waals surface area contributed by atoms with Crippen molar-refractivity contribution in [3.63, 3.8) is 0 Å². The fourth-order valence-electron chi connectivity index (χ4n) is 1.62. The molecule has 1 fully saturated rings. The van der Waals surface area contributed by atoms with Crippen molar-refractivity contribution in [1.82, 2.24) is 0 Å². The van der Waals surface area contributed by atoms with Gasteiger partial charge in [-0.1, -0.05) is 6.07 Å². The van der Waals surface area contributed by atoms with Crippen LogP contribution < -0.4 is 4.74 Å².